The van der Waals surface area contributed by atoms with Crippen LogP contribution in [-0.2, 0) is 10.3 Å². The number of carbonyl (C=O) groups excluding carboxylic acids is 1. The summed E-state index contributed by atoms with van der Waals surface area (Å²) in [5, 5.41) is 6.39. The van der Waals surface area contributed by atoms with Gasteiger partial charge in [-0.1, -0.05) is 29.8 Å². The second-order valence-corrected chi connectivity index (χ2v) is 5.67. The maximum absolute atomic E-state index is 12.2. The summed E-state index contributed by atoms with van der Waals surface area (Å²) in [4.78, 5) is 12.2. The molecule has 1 heterocycles. The number of amides is 1. The van der Waals surface area contributed by atoms with Gasteiger partial charge in [-0.2, -0.15) is 0 Å². The number of aryl methyl sites for hydroxylation is 1. The van der Waals surface area contributed by atoms with Gasteiger partial charge in [0.15, 0.2) is 0 Å². The van der Waals surface area contributed by atoms with Crippen LogP contribution in [0.1, 0.15) is 31.4 Å². The Morgan fingerprint density at radius 1 is 1.44 bits per heavy atom. The molecule has 18 heavy (non-hydrogen) atoms. The highest BCUT2D eigenvalue weighted by molar-refractivity contribution is 5.80. The van der Waals surface area contributed by atoms with E-state index in [1.807, 2.05) is 6.07 Å². The van der Waals surface area contributed by atoms with Crippen LogP contribution < -0.4 is 10.6 Å². The van der Waals surface area contributed by atoms with Crippen molar-refractivity contribution in [2.45, 2.75) is 32.7 Å². The van der Waals surface area contributed by atoms with Crippen LogP contribution in [0.2, 0.25) is 0 Å². The molecule has 1 aliphatic rings. The van der Waals surface area contributed by atoms with Crippen LogP contribution in [0.25, 0.3) is 0 Å². The zero-order valence-corrected chi connectivity index (χ0v) is 11.4. The molecule has 0 aliphatic carbocycles. The lowest BCUT2D eigenvalue weighted by Crippen LogP contribution is -2.44. The first kappa shape index (κ1) is 13.1. The first-order valence-corrected chi connectivity index (χ1v) is 6.59. The summed E-state index contributed by atoms with van der Waals surface area (Å²) in [6.07, 6.45) is 0.940. The van der Waals surface area contributed by atoms with Crippen molar-refractivity contribution in [1.29, 1.82) is 0 Å². The summed E-state index contributed by atoms with van der Waals surface area (Å²) >= 11 is 0. The number of hydrogen-bond donors (Lipinski definition) is 2. The smallest absolute Gasteiger partial charge is 0.225 e. The fraction of sp³-hybridized carbons (Fsp3) is 0.533. The molecule has 1 atom stereocenters. The molecule has 1 unspecified atom stereocenters. The minimum absolute atomic E-state index is 0.120. The summed E-state index contributed by atoms with van der Waals surface area (Å²) in [6.45, 7) is 7.94. The fourth-order valence-electron chi connectivity index (χ4n) is 2.39. The first-order valence-electron chi connectivity index (χ1n) is 6.59. The van der Waals surface area contributed by atoms with Crippen LogP contribution in [0.15, 0.2) is 24.3 Å². The van der Waals surface area contributed by atoms with Gasteiger partial charge in [-0.3, -0.25) is 4.79 Å². The van der Waals surface area contributed by atoms with Gasteiger partial charge in [0, 0.05) is 6.54 Å². The fourth-order valence-corrected chi connectivity index (χ4v) is 2.39. The van der Waals surface area contributed by atoms with E-state index in [-0.39, 0.29) is 17.4 Å². The van der Waals surface area contributed by atoms with E-state index in [0.29, 0.717) is 0 Å². The third kappa shape index (κ3) is 2.91. The first-order chi connectivity index (χ1) is 8.49. The number of nitrogens with one attached hydrogen (secondary N) is 2. The van der Waals surface area contributed by atoms with Crippen LogP contribution in [0.4, 0.5) is 0 Å². The molecule has 1 aromatic carbocycles. The summed E-state index contributed by atoms with van der Waals surface area (Å²) in [6, 6.07) is 8.31. The van der Waals surface area contributed by atoms with Crippen molar-refractivity contribution in [1.82, 2.24) is 10.6 Å². The molecule has 3 nitrogen and oxygen atoms in total. The molecule has 1 fully saturated rings. The van der Waals surface area contributed by atoms with Crippen molar-refractivity contribution in [3.05, 3.63) is 35.4 Å². The zero-order valence-electron chi connectivity index (χ0n) is 11.4. The van der Waals surface area contributed by atoms with Crippen LogP contribution in [0, 0.1) is 12.8 Å². The van der Waals surface area contributed by atoms with Gasteiger partial charge < -0.3 is 10.6 Å². The summed E-state index contributed by atoms with van der Waals surface area (Å²) < 4.78 is 0. The monoisotopic (exact) mass is 246 g/mol. The van der Waals surface area contributed by atoms with E-state index in [1.54, 1.807) is 0 Å². The Hall–Kier alpha value is -1.35. The van der Waals surface area contributed by atoms with Gasteiger partial charge in [-0.15, -0.1) is 0 Å². The number of carbonyl (C=O) groups is 1. The third-order valence-corrected chi connectivity index (χ3v) is 3.61. The number of rotatable bonds is 3. The Labute approximate surface area is 109 Å². The van der Waals surface area contributed by atoms with Crippen molar-refractivity contribution in [3.8, 4) is 0 Å². The summed E-state index contributed by atoms with van der Waals surface area (Å²) in [5.74, 6) is 0.278. The second-order valence-electron chi connectivity index (χ2n) is 5.67. The van der Waals surface area contributed by atoms with Crippen molar-refractivity contribution in [2.24, 2.45) is 5.92 Å². The molecule has 1 aliphatic heterocycles. The van der Waals surface area contributed by atoms with Gasteiger partial charge in [0.25, 0.3) is 0 Å². The minimum Gasteiger partial charge on any atom is -0.347 e. The Bertz CT molecular complexity index is 434. The lowest BCUT2D eigenvalue weighted by Gasteiger charge is -2.28. The molecule has 0 aromatic heterocycles. The largest absolute Gasteiger partial charge is 0.347 e. The molecule has 1 amide bonds. The van der Waals surface area contributed by atoms with Crippen LogP contribution in [0.3, 0.4) is 0 Å². The topological polar surface area (TPSA) is 41.1 Å². The molecule has 0 bridgehead atoms. The predicted octanol–water partition coefficient (Wildman–Crippen LogP) is 1.96. The average Bonchev–Trinajstić information content (AvgIpc) is 2.82. The van der Waals surface area contributed by atoms with E-state index < -0.39 is 0 Å². The van der Waals surface area contributed by atoms with E-state index in [1.165, 1.54) is 5.56 Å². The Kier molecular flexibility index (Phi) is 3.71. The van der Waals surface area contributed by atoms with Gasteiger partial charge in [-0.05, 0) is 39.3 Å². The number of benzene rings is 1. The molecule has 0 saturated carbocycles. The van der Waals surface area contributed by atoms with E-state index in [9.17, 15) is 4.79 Å². The molecule has 0 radical (unpaired) electrons. The highest BCUT2D eigenvalue weighted by Gasteiger charge is 2.28. The van der Waals surface area contributed by atoms with Gasteiger partial charge >= 0.3 is 0 Å². The van der Waals surface area contributed by atoms with Crippen molar-refractivity contribution in [2.75, 3.05) is 13.1 Å². The molecule has 3 heteroatoms. The van der Waals surface area contributed by atoms with Crippen LogP contribution in [0.5, 0.6) is 0 Å². The molecule has 98 valence electrons. The van der Waals surface area contributed by atoms with Crippen LogP contribution >= 0.6 is 0 Å². The molecule has 1 saturated heterocycles. The van der Waals surface area contributed by atoms with Gasteiger partial charge in [0.1, 0.15) is 0 Å². The minimum atomic E-state index is -0.314. The quantitative estimate of drug-likeness (QED) is 0.856. The highest BCUT2D eigenvalue weighted by atomic mass is 16.2. The average molecular weight is 246 g/mol. The molecule has 2 N–H and O–H groups in total. The molecular formula is C15H22N2O. The maximum atomic E-state index is 12.2. The summed E-state index contributed by atoms with van der Waals surface area (Å²) in [7, 11) is 0. The maximum Gasteiger partial charge on any atom is 0.225 e. The zero-order chi connectivity index (χ0) is 13.2. The molecule has 0 spiro atoms. The lowest BCUT2D eigenvalue weighted by atomic mass is 9.92. The SMILES string of the molecule is Cc1cccc(C(C)(C)NC(=O)C2CCNC2)c1. The Balaban J connectivity index is 2.08. The van der Waals surface area contributed by atoms with E-state index >= 15 is 0 Å². The molecule has 1 aromatic rings. The Morgan fingerprint density at radius 3 is 2.83 bits per heavy atom. The lowest BCUT2D eigenvalue weighted by molar-refractivity contribution is -0.126. The van der Waals surface area contributed by atoms with Crippen molar-refractivity contribution < 1.29 is 4.79 Å². The van der Waals surface area contributed by atoms with Crippen LogP contribution in [-0.4, -0.2) is 19.0 Å². The number of hydrogen-bond acceptors (Lipinski definition) is 2. The molecule has 2 rings (SSSR count). The van der Waals surface area contributed by atoms with Crippen molar-refractivity contribution >= 4 is 5.91 Å². The Morgan fingerprint density at radius 2 is 2.22 bits per heavy atom. The van der Waals surface area contributed by atoms with Crippen molar-refractivity contribution in [3.63, 3.8) is 0 Å². The summed E-state index contributed by atoms with van der Waals surface area (Å²) in [5.41, 5.74) is 2.06. The standard InChI is InChI=1S/C15H22N2O/c1-11-5-4-6-13(9-11)15(2,3)17-14(18)12-7-8-16-10-12/h4-6,9,12,16H,7-8,10H2,1-3H3,(H,17,18). The predicted molar refractivity (Wildman–Crippen MR) is 73.3 cm³/mol. The normalized spacial score (nSPS) is 19.8. The molecular weight excluding hydrogens is 224 g/mol. The van der Waals surface area contributed by atoms with E-state index in [0.717, 1.165) is 25.1 Å². The third-order valence-electron chi connectivity index (χ3n) is 3.61. The van der Waals surface area contributed by atoms with Gasteiger partial charge in [0.05, 0.1) is 11.5 Å². The second kappa shape index (κ2) is 5.11. The van der Waals surface area contributed by atoms with Gasteiger partial charge in [-0.25, -0.2) is 0 Å². The highest BCUT2D eigenvalue weighted by Crippen LogP contribution is 2.22. The van der Waals surface area contributed by atoms with E-state index in [4.69, 9.17) is 0 Å². The van der Waals surface area contributed by atoms with Gasteiger partial charge in [0.2, 0.25) is 5.91 Å². The van der Waals surface area contributed by atoms with E-state index in [2.05, 4.69) is 49.6 Å².